The van der Waals surface area contributed by atoms with E-state index in [2.05, 4.69) is 4.90 Å². The summed E-state index contributed by atoms with van der Waals surface area (Å²) in [5.74, 6) is -2.00. The largest absolute Gasteiger partial charge is 0.419 e. The van der Waals surface area contributed by atoms with Crippen molar-refractivity contribution in [2.45, 2.75) is 31.1 Å². The number of rotatable bonds is 2. The van der Waals surface area contributed by atoms with E-state index in [1.165, 1.54) is 0 Å². The Bertz CT molecular complexity index is 603. The van der Waals surface area contributed by atoms with Crippen molar-refractivity contribution in [2.24, 2.45) is 5.92 Å². The van der Waals surface area contributed by atoms with Crippen LogP contribution in [0.1, 0.15) is 28.8 Å². The van der Waals surface area contributed by atoms with Gasteiger partial charge in [0.25, 0.3) is 0 Å². The minimum atomic E-state index is -4.76. The topological polar surface area (TPSA) is 29.5 Å². The highest BCUT2D eigenvalue weighted by Crippen LogP contribution is 2.34. The summed E-state index contributed by atoms with van der Waals surface area (Å²) in [7, 11) is 1.98. The van der Waals surface area contributed by atoms with Crippen LogP contribution in [0.15, 0.2) is 18.2 Å². The van der Waals surface area contributed by atoms with E-state index in [4.69, 9.17) is 4.74 Å². The van der Waals surface area contributed by atoms with E-state index in [0.717, 1.165) is 6.07 Å². The number of benzene rings is 1. The summed E-state index contributed by atoms with van der Waals surface area (Å²) < 4.78 is 56.9. The predicted octanol–water partition coefficient (Wildman–Crippen LogP) is 3.14. The lowest BCUT2D eigenvalue weighted by Gasteiger charge is -2.46. The zero-order valence-electron chi connectivity index (χ0n) is 12.6. The molecule has 126 valence electrons. The second-order valence-corrected chi connectivity index (χ2v) is 6.24. The SMILES string of the molecule is CN1C2COCC1CC(C(=O)c1ccc(C(F)(F)F)c(F)c1)C2. The predicted molar refractivity (Wildman–Crippen MR) is 74.6 cm³/mol. The molecule has 7 heteroatoms. The molecule has 2 saturated heterocycles. The first-order chi connectivity index (χ1) is 10.8. The van der Waals surface area contributed by atoms with Crippen LogP contribution in [0, 0.1) is 11.7 Å². The van der Waals surface area contributed by atoms with Crippen LogP contribution in [0.5, 0.6) is 0 Å². The Hall–Kier alpha value is -1.47. The van der Waals surface area contributed by atoms with E-state index >= 15 is 0 Å². The number of ether oxygens (including phenoxy) is 1. The van der Waals surface area contributed by atoms with Crippen LogP contribution < -0.4 is 0 Å². The molecule has 0 N–H and O–H groups in total. The summed E-state index contributed by atoms with van der Waals surface area (Å²) in [6, 6.07) is 2.65. The van der Waals surface area contributed by atoms with Gasteiger partial charge in [0.05, 0.1) is 18.8 Å². The molecule has 2 heterocycles. The number of carbonyl (C=O) groups is 1. The van der Waals surface area contributed by atoms with Crippen LogP contribution in [0.3, 0.4) is 0 Å². The van der Waals surface area contributed by atoms with Gasteiger partial charge in [-0.3, -0.25) is 9.69 Å². The van der Waals surface area contributed by atoms with Crippen molar-refractivity contribution in [1.29, 1.82) is 0 Å². The van der Waals surface area contributed by atoms with E-state index in [1.54, 1.807) is 0 Å². The Kier molecular flexibility index (Phi) is 4.18. The van der Waals surface area contributed by atoms with Crippen molar-refractivity contribution >= 4 is 5.78 Å². The van der Waals surface area contributed by atoms with Crippen molar-refractivity contribution in [3.8, 4) is 0 Å². The molecular formula is C16H17F4NO2. The zero-order chi connectivity index (χ0) is 16.8. The zero-order valence-corrected chi connectivity index (χ0v) is 12.6. The molecule has 23 heavy (non-hydrogen) atoms. The van der Waals surface area contributed by atoms with Gasteiger partial charge in [0.15, 0.2) is 5.78 Å². The lowest BCUT2D eigenvalue weighted by atomic mass is 9.81. The Labute approximate surface area is 131 Å². The Morgan fingerprint density at radius 2 is 1.83 bits per heavy atom. The summed E-state index contributed by atoms with van der Waals surface area (Å²) in [4.78, 5) is 14.7. The number of nitrogens with zero attached hydrogens (tertiary/aromatic N) is 1. The number of hydrogen-bond donors (Lipinski definition) is 0. The van der Waals surface area contributed by atoms with Gasteiger partial charge in [-0.2, -0.15) is 13.2 Å². The Morgan fingerprint density at radius 3 is 2.35 bits per heavy atom. The van der Waals surface area contributed by atoms with E-state index < -0.39 is 17.6 Å². The van der Waals surface area contributed by atoms with Gasteiger partial charge >= 0.3 is 6.18 Å². The molecule has 3 nitrogen and oxygen atoms in total. The van der Waals surface area contributed by atoms with Gasteiger partial charge in [-0.1, -0.05) is 6.07 Å². The third kappa shape index (κ3) is 3.12. The highest BCUT2D eigenvalue weighted by Gasteiger charge is 2.40. The van der Waals surface area contributed by atoms with Crippen LogP contribution >= 0.6 is 0 Å². The number of likely N-dealkylation sites (N-methyl/N-ethyl adjacent to an activating group) is 1. The number of ketones is 1. The van der Waals surface area contributed by atoms with Crippen LogP contribution in [0.25, 0.3) is 0 Å². The summed E-state index contributed by atoms with van der Waals surface area (Å²) in [5, 5.41) is 0. The van der Waals surface area contributed by atoms with Crippen LogP contribution in [-0.2, 0) is 10.9 Å². The molecule has 0 aliphatic carbocycles. The maximum atomic E-state index is 13.7. The third-order valence-electron chi connectivity index (χ3n) is 4.82. The summed E-state index contributed by atoms with van der Waals surface area (Å²) in [6.45, 7) is 1.08. The van der Waals surface area contributed by atoms with Crippen molar-refractivity contribution < 1.29 is 27.1 Å². The van der Waals surface area contributed by atoms with E-state index in [1.807, 2.05) is 7.05 Å². The molecule has 2 unspecified atom stereocenters. The maximum Gasteiger partial charge on any atom is 0.419 e. The molecule has 0 saturated carbocycles. The molecule has 2 aliphatic rings. The molecule has 0 spiro atoms. The molecule has 0 aromatic heterocycles. The number of piperidine rings is 1. The maximum absolute atomic E-state index is 13.7. The van der Waals surface area contributed by atoms with E-state index in [-0.39, 0.29) is 29.3 Å². The van der Waals surface area contributed by atoms with Gasteiger partial charge in [-0.05, 0) is 32.0 Å². The van der Waals surface area contributed by atoms with Gasteiger partial charge in [0.2, 0.25) is 0 Å². The molecule has 2 aliphatic heterocycles. The average molecular weight is 331 g/mol. The lowest BCUT2D eigenvalue weighted by molar-refractivity contribution is -0.140. The van der Waals surface area contributed by atoms with Gasteiger partial charge < -0.3 is 4.74 Å². The Morgan fingerprint density at radius 1 is 1.22 bits per heavy atom. The first-order valence-corrected chi connectivity index (χ1v) is 7.48. The molecule has 1 aromatic carbocycles. The van der Waals surface area contributed by atoms with Crippen LogP contribution in [0.2, 0.25) is 0 Å². The van der Waals surface area contributed by atoms with E-state index in [0.29, 0.717) is 38.2 Å². The number of morpholine rings is 1. The molecule has 0 radical (unpaired) electrons. The normalized spacial score (nSPS) is 28.7. The fraction of sp³-hybridized carbons (Fsp3) is 0.562. The lowest BCUT2D eigenvalue weighted by Crippen LogP contribution is -2.55. The number of hydrogen-bond acceptors (Lipinski definition) is 3. The van der Waals surface area contributed by atoms with Crippen LogP contribution in [-0.4, -0.2) is 43.0 Å². The standard InChI is InChI=1S/C16H17F4NO2/c1-21-11-4-10(5-12(21)8-23-7-11)15(22)9-2-3-13(14(17)6-9)16(18,19)20/h2-3,6,10-12H,4-5,7-8H2,1H3. The molecule has 2 bridgehead atoms. The number of alkyl halides is 3. The molecule has 0 amide bonds. The second-order valence-electron chi connectivity index (χ2n) is 6.24. The summed E-state index contributed by atoms with van der Waals surface area (Å²) >= 11 is 0. The van der Waals surface area contributed by atoms with Gasteiger partial charge in [0, 0.05) is 23.6 Å². The summed E-state index contributed by atoms with van der Waals surface area (Å²) in [6.07, 6.45) is -3.60. The molecule has 1 aromatic rings. The van der Waals surface area contributed by atoms with Crippen molar-refractivity contribution in [3.05, 3.63) is 35.1 Å². The first-order valence-electron chi connectivity index (χ1n) is 7.48. The summed E-state index contributed by atoms with van der Waals surface area (Å²) in [5.41, 5.74) is -1.34. The van der Waals surface area contributed by atoms with Crippen molar-refractivity contribution in [2.75, 3.05) is 20.3 Å². The quantitative estimate of drug-likeness (QED) is 0.616. The fourth-order valence-electron chi connectivity index (χ4n) is 3.44. The highest BCUT2D eigenvalue weighted by atomic mass is 19.4. The number of fused-ring (bicyclic) bond motifs is 2. The molecule has 3 rings (SSSR count). The Balaban J connectivity index is 1.80. The third-order valence-corrected chi connectivity index (χ3v) is 4.82. The van der Waals surface area contributed by atoms with Gasteiger partial charge in [0.1, 0.15) is 5.82 Å². The smallest absolute Gasteiger partial charge is 0.378 e. The first kappa shape index (κ1) is 16.4. The molecular weight excluding hydrogens is 314 g/mol. The number of halogens is 4. The number of Topliss-reactive ketones (excluding diaryl/α,β-unsaturated/α-hetero) is 1. The van der Waals surface area contributed by atoms with E-state index in [9.17, 15) is 22.4 Å². The van der Waals surface area contributed by atoms with Crippen LogP contribution in [0.4, 0.5) is 17.6 Å². The van der Waals surface area contributed by atoms with Gasteiger partial charge in [-0.15, -0.1) is 0 Å². The van der Waals surface area contributed by atoms with Gasteiger partial charge in [-0.25, -0.2) is 4.39 Å². The van der Waals surface area contributed by atoms with Crippen molar-refractivity contribution in [1.82, 2.24) is 4.90 Å². The number of carbonyl (C=O) groups excluding carboxylic acids is 1. The monoisotopic (exact) mass is 331 g/mol. The molecule has 2 atom stereocenters. The highest BCUT2D eigenvalue weighted by molar-refractivity contribution is 5.98. The van der Waals surface area contributed by atoms with Crippen molar-refractivity contribution in [3.63, 3.8) is 0 Å². The fourth-order valence-corrected chi connectivity index (χ4v) is 3.44. The second kappa shape index (κ2) is 5.87. The minimum absolute atomic E-state index is 0.00375. The average Bonchev–Trinajstić information content (AvgIpc) is 2.44. The minimum Gasteiger partial charge on any atom is -0.378 e. The molecule has 2 fully saturated rings.